The van der Waals surface area contributed by atoms with Gasteiger partial charge < -0.3 is 11.1 Å². The van der Waals surface area contributed by atoms with Gasteiger partial charge in [0.15, 0.2) is 11.5 Å². The lowest BCUT2D eigenvalue weighted by atomic mass is 9.66. The number of hydrogen-bond acceptors (Lipinski definition) is 5. The average Bonchev–Trinajstić information content (AvgIpc) is 3.22. The molecule has 0 aliphatic heterocycles. The van der Waals surface area contributed by atoms with Gasteiger partial charge in [-0.2, -0.15) is 0 Å². The van der Waals surface area contributed by atoms with Gasteiger partial charge in [0.05, 0.1) is 5.56 Å². The van der Waals surface area contributed by atoms with Crippen molar-refractivity contribution in [3.63, 3.8) is 0 Å². The standard InChI is InChI=1S/C28H26N6/c1-28(16-6-17-28)19-10-12-21(13-11-19)34-26(22-9-5-18-30-25(22)29)32-23-14-15-24(33-27(23)34)31-20-7-3-2-4-8-20/h2-5,7-15,18H,6,16-17H2,1H3,(H2,29,30)(H,31,33). The van der Waals surface area contributed by atoms with Crippen LogP contribution >= 0.6 is 0 Å². The number of nitrogens with one attached hydrogen (secondary N) is 1. The van der Waals surface area contributed by atoms with Gasteiger partial charge in [-0.05, 0) is 72.4 Å². The Bertz CT molecular complexity index is 1470. The van der Waals surface area contributed by atoms with E-state index in [4.69, 9.17) is 15.7 Å². The van der Waals surface area contributed by atoms with E-state index in [9.17, 15) is 0 Å². The predicted octanol–water partition coefficient (Wildman–Crippen LogP) is 6.25. The van der Waals surface area contributed by atoms with Crippen molar-refractivity contribution in [3.05, 3.63) is 90.6 Å². The molecule has 3 N–H and O–H groups in total. The molecule has 0 bridgehead atoms. The molecule has 0 saturated heterocycles. The van der Waals surface area contributed by atoms with Gasteiger partial charge in [-0.25, -0.2) is 15.0 Å². The molecule has 5 aromatic rings. The Labute approximate surface area is 198 Å². The maximum atomic E-state index is 6.26. The van der Waals surface area contributed by atoms with Gasteiger partial charge in [0, 0.05) is 17.6 Å². The Morgan fingerprint density at radius 3 is 2.38 bits per heavy atom. The molecular weight excluding hydrogens is 420 g/mol. The third-order valence-corrected chi connectivity index (χ3v) is 6.91. The van der Waals surface area contributed by atoms with Crippen molar-refractivity contribution in [1.82, 2.24) is 19.5 Å². The topological polar surface area (TPSA) is 81.7 Å². The number of nitrogens with zero attached hydrogens (tertiary/aromatic N) is 4. The molecule has 0 unspecified atom stereocenters. The molecule has 1 fully saturated rings. The average molecular weight is 447 g/mol. The number of nitrogens with two attached hydrogens (primary N) is 1. The summed E-state index contributed by atoms with van der Waals surface area (Å²) in [6, 6.07) is 26.6. The second-order valence-corrected chi connectivity index (χ2v) is 9.20. The van der Waals surface area contributed by atoms with E-state index < -0.39 is 0 Å². The van der Waals surface area contributed by atoms with Crippen LogP contribution in [0.15, 0.2) is 85.1 Å². The zero-order chi connectivity index (χ0) is 23.1. The molecule has 1 aliphatic carbocycles. The molecule has 1 saturated carbocycles. The summed E-state index contributed by atoms with van der Waals surface area (Å²) in [6.07, 6.45) is 5.48. The number of hydrogen-bond donors (Lipinski definition) is 2. The highest BCUT2D eigenvalue weighted by molar-refractivity contribution is 5.84. The Morgan fingerprint density at radius 2 is 1.68 bits per heavy atom. The van der Waals surface area contributed by atoms with Crippen LogP contribution in [0.25, 0.3) is 28.2 Å². The van der Waals surface area contributed by atoms with E-state index in [0.29, 0.717) is 5.82 Å². The second kappa shape index (κ2) is 7.99. The molecule has 6 rings (SSSR count). The fraction of sp³-hybridized carbons (Fsp3) is 0.179. The fourth-order valence-corrected chi connectivity index (χ4v) is 4.74. The predicted molar refractivity (Wildman–Crippen MR) is 137 cm³/mol. The van der Waals surface area contributed by atoms with Gasteiger partial charge in [-0.3, -0.25) is 4.57 Å². The van der Waals surface area contributed by atoms with Crippen molar-refractivity contribution in [2.24, 2.45) is 0 Å². The Hall–Kier alpha value is -4.19. The lowest BCUT2D eigenvalue weighted by molar-refractivity contribution is 0.272. The molecule has 6 heteroatoms. The first kappa shape index (κ1) is 20.4. The van der Waals surface area contributed by atoms with Crippen LogP contribution in [-0.2, 0) is 5.41 Å². The van der Waals surface area contributed by atoms with Gasteiger partial charge in [0.2, 0.25) is 0 Å². The highest BCUT2D eigenvalue weighted by atomic mass is 15.2. The minimum absolute atomic E-state index is 0.289. The summed E-state index contributed by atoms with van der Waals surface area (Å²) < 4.78 is 2.08. The van der Waals surface area contributed by atoms with Crippen molar-refractivity contribution in [3.8, 4) is 17.1 Å². The van der Waals surface area contributed by atoms with Crippen LogP contribution in [0, 0.1) is 0 Å². The number of pyridine rings is 2. The number of nitrogen functional groups attached to an aromatic ring is 1. The quantitative estimate of drug-likeness (QED) is 0.333. The molecule has 3 aromatic heterocycles. The molecule has 3 heterocycles. The zero-order valence-electron chi connectivity index (χ0n) is 19.1. The van der Waals surface area contributed by atoms with Crippen molar-refractivity contribution in [2.45, 2.75) is 31.6 Å². The molecule has 0 radical (unpaired) electrons. The lowest BCUT2D eigenvalue weighted by Crippen LogP contribution is -2.30. The minimum atomic E-state index is 0.289. The van der Waals surface area contributed by atoms with E-state index in [0.717, 1.165) is 39.7 Å². The monoisotopic (exact) mass is 446 g/mol. The van der Waals surface area contributed by atoms with Crippen LogP contribution in [0.4, 0.5) is 17.3 Å². The maximum Gasteiger partial charge on any atom is 0.167 e. The minimum Gasteiger partial charge on any atom is -0.383 e. The number of imidazole rings is 1. The molecule has 168 valence electrons. The summed E-state index contributed by atoms with van der Waals surface area (Å²) in [7, 11) is 0. The van der Waals surface area contributed by atoms with Crippen molar-refractivity contribution >= 4 is 28.5 Å². The first-order valence-electron chi connectivity index (χ1n) is 11.6. The second-order valence-electron chi connectivity index (χ2n) is 9.20. The van der Waals surface area contributed by atoms with Gasteiger partial charge in [-0.15, -0.1) is 0 Å². The number of benzene rings is 2. The number of anilines is 3. The number of rotatable bonds is 5. The van der Waals surface area contributed by atoms with E-state index >= 15 is 0 Å². The molecular formula is C28H26N6. The van der Waals surface area contributed by atoms with E-state index in [-0.39, 0.29) is 5.41 Å². The van der Waals surface area contributed by atoms with Crippen molar-refractivity contribution in [2.75, 3.05) is 11.1 Å². The van der Waals surface area contributed by atoms with Crippen LogP contribution in [0.3, 0.4) is 0 Å². The van der Waals surface area contributed by atoms with Crippen LogP contribution in [0.2, 0.25) is 0 Å². The SMILES string of the molecule is CC1(c2ccc(-n3c(-c4cccnc4N)nc4ccc(Nc5ccccc5)nc43)cc2)CCC1. The third-order valence-electron chi connectivity index (χ3n) is 6.91. The normalized spacial score (nSPS) is 14.6. The first-order chi connectivity index (χ1) is 16.6. The highest BCUT2D eigenvalue weighted by Crippen LogP contribution is 2.43. The maximum absolute atomic E-state index is 6.26. The fourth-order valence-electron chi connectivity index (χ4n) is 4.74. The van der Waals surface area contributed by atoms with Crippen molar-refractivity contribution < 1.29 is 0 Å². The summed E-state index contributed by atoms with van der Waals surface area (Å²) in [6.45, 7) is 2.35. The number of para-hydroxylation sites is 1. The van der Waals surface area contributed by atoms with Crippen molar-refractivity contribution in [1.29, 1.82) is 0 Å². The van der Waals surface area contributed by atoms with Gasteiger partial charge in [0.1, 0.15) is 17.2 Å². The molecule has 0 atom stereocenters. The Balaban J connectivity index is 1.51. The van der Waals surface area contributed by atoms with Crippen LogP contribution in [-0.4, -0.2) is 19.5 Å². The van der Waals surface area contributed by atoms with Crippen LogP contribution < -0.4 is 11.1 Å². The molecule has 6 nitrogen and oxygen atoms in total. The molecule has 1 aliphatic rings. The molecule has 0 spiro atoms. The molecule has 2 aromatic carbocycles. The highest BCUT2D eigenvalue weighted by Gasteiger charge is 2.33. The lowest BCUT2D eigenvalue weighted by Gasteiger charge is -2.39. The van der Waals surface area contributed by atoms with E-state index in [1.165, 1.54) is 24.8 Å². The van der Waals surface area contributed by atoms with E-state index in [2.05, 4.69) is 46.1 Å². The third kappa shape index (κ3) is 3.48. The first-order valence-corrected chi connectivity index (χ1v) is 11.6. The summed E-state index contributed by atoms with van der Waals surface area (Å²) in [5.41, 5.74) is 12.3. The van der Waals surface area contributed by atoms with Gasteiger partial charge in [0.25, 0.3) is 0 Å². The van der Waals surface area contributed by atoms with Gasteiger partial charge in [-0.1, -0.05) is 43.7 Å². The summed E-state index contributed by atoms with van der Waals surface area (Å²) in [5, 5.41) is 3.39. The summed E-state index contributed by atoms with van der Waals surface area (Å²) >= 11 is 0. The Morgan fingerprint density at radius 1 is 0.882 bits per heavy atom. The summed E-state index contributed by atoms with van der Waals surface area (Å²) in [5.74, 6) is 1.93. The smallest absolute Gasteiger partial charge is 0.167 e. The Kier molecular flexibility index (Phi) is 4.80. The molecule has 34 heavy (non-hydrogen) atoms. The van der Waals surface area contributed by atoms with E-state index in [1.807, 2.05) is 54.6 Å². The van der Waals surface area contributed by atoms with Crippen LogP contribution in [0.1, 0.15) is 31.7 Å². The number of aromatic nitrogens is 4. The zero-order valence-corrected chi connectivity index (χ0v) is 19.1. The van der Waals surface area contributed by atoms with Crippen LogP contribution in [0.5, 0.6) is 0 Å². The summed E-state index contributed by atoms with van der Waals surface area (Å²) in [4.78, 5) is 14.2. The van der Waals surface area contributed by atoms with E-state index in [1.54, 1.807) is 6.20 Å². The molecule has 0 amide bonds. The number of fused-ring (bicyclic) bond motifs is 1. The van der Waals surface area contributed by atoms with Gasteiger partial charge >= 0.3 is 0 Å². The largest absolute Gasteiger partial charge is 0.383 e.